The molecule has 54 heavy (non-hydrogen) atoms. The lowest BCUT2D eigenvalue weighted by molar-refractivity contribution is 0.0690. The number of hydrogen-bond donors (Lipinski definition) is 2. The molecule has 0 spiro atoms. The van der Waals surface area contributed by atoms with Crippen molar-refractivity contribution in [1.29, 1.82) is 0 Å². The zero-order valence-electron chi connectivity index (χ0n) is 29.6. The van der Waals surface area contributed by atoms with Crippen LogP contribution in [0.5, 0.6) is 0 Å². The van der Waals surface area contributed by atoms with Crippen LogP contribution >= 0.6 is 22.7 Å². The molecule has 2 aliphatic carbocycles. The van der Waals surface area contributed by atoms with Gasteiger partial charge in [0.1, 0.15) is 9.75 Å². The highest BCUT2D eigenvalue weighted by Crippen LogP contribution is 2.54. The van der Waals surface area contributed by atoms with Crippen LogP contribution in [0.2, 0.25) is 0 Å². The number of carboxylic acid groups (broad SMARTS) is 2. The van der Waals surface area contributed by atoms with Crippen molar-refractivity contribution in [1.82, 2.24) is 9.55 Å². The Morgan fingerprint density at radius 3 is 2.19 bits per heavy atom. The average molecular weight is 751 g/mol. The largest absolute Gasteiger partial charge is 0.477 e. The van der Waals surface area contributed by atoms with Gasteiger partial charge < -0.3 is 19.7 Å². The van der Waals surface area contributed by atoms with Gasteiger partial charge in [0.05, 0.1) is 24.1 Å². The molecule has 8 nitrogen and oxygen atoms in total. The van der Waals surface area contributed by atoms with E-state index in [1.165, 1.54) is 63.6 Å². The number of fused-ring (bicyclic) bond motifs is 2. The predicted octanol–water partition coefficient (Wildman–Crippen LogP) is 10.9. The van der Waals surface area contributed by atoms with E-state index in [-0.39, 0.29) is 15.8 Å². The minimum atomic E-state index is -0.982. The van der Waals surface area contributed by atoms with Gasteiger partial charge in [0.15, 0.2) is 9.93 Å². The Bertz CT molecular complexity index is 2620. The molecule has 2 aromatic heterocycles. The third-order valence-corrected chi connectivity index (χ3v) is 12.8. The van der Waals surface area contributed by atoms with E-state index < -0.39 is 11.9 Å². The number of aromatic nitrogens is 2. The van der Waals surface area contributed by atoms with Gasteiger partial charge >= 0.3 is 11.9 Å². The van der Waals surface area contributed by atoms with E-state index in [2.05, 4.69) is 94.2 Å². The molecule has 5 aromatic carbocycles. The van der Waals surface area contributed by atoms with Crippen molar-refractivity contribution >= 4 is 72.7 Å². The molecule has 10 heteroatoms. The second-order valence-corrected chi connectivity index (χ2v) is 16.5. The van der Waals surface area contributed by atoms with Crippen LogP contribution in [0.4, 0.5) is 16.5 Å². The van der Waals surface area contributed by atoms with E-state index in [0.717, 1.165) is 40.6 Å². The molecule has 2 aliphatic rings. The molecule has 3 atom stereocenters. The van der Waals surface area contributed by atoms with Gasteiger partial charge in [-0.2, -0.15) is 0 Å². The number of benzene rings is 5. The SMILES string of the molecule is CC(CC1CC1c1ccc(N(Cc2ccccc2)c2ncc(C(=O)O)s2)c2ccccc12)n1cc(C(=O)O)s/c1=N\c1ccc(C2CC2)c2ccccc12. The molecule has 9 rings (SSSR count). The third-order valence-electron chi connectivity index (χ3n) is 10.8. The number of rotatable bonds is 12. The lowest BCUT2D eigenvalue weighted by Gasteiger charge is -2.25. The summed E-state index contributed by atoms with van der Waals surface area (Å²) in [5, 5.41) is 24.9. The monoisotopic (exact) mass is 750 g/mol. The predicted molar refractivity (Wildman–Crippen MR) is 216 cm³/mol. The zero-order chi connectivity index (χ0) is 36.9. The maximum absolute atomic E-state index is 12.2. The van der Waals surface area contributed by atoms with Crippen molar-refractivity contribution < 1.29 is 19.8 Å². The van der Waals surface area contributed by atoms with Crippen LogP contribution in [-0.2, 0) is 6.54 Å². The van der Waals surface area contributed by atoms with Gasteiger partial charge in [0.2, 0.25) is 0 Å². The summed E-state index contributed by atoms with van der Waals surface area (Å²) in [7, 11) is 0. The van der Waals surface area contributed by atoms with Crippen molar-refractivity contribution in [3.8, 4) is 0 Å². The molecule has 2 saturated carbocycles. The molecule has 2 heterocycles. The second kappa shape index (κ2) is 14.0. The first-order chi connectivity index (χ1) is 26.3. The fraction of sp³-hybridized carbons (Fsp3) is 0.227. The van der Waals surface area contributed by atoms with Crippen LogP contribution in [-0.4, -0.2) is 31.7 Å². The summed E-state index contributed by atoms with van der Waals surface area (Å²) in [5.41, 5.74) is 5.62. The van der Waals surface area contributed by atoms with Crippen LogP contribution in [0.15, 0.2) is 121 Å². The van der Waals surface area contributed by atoms with Gasteiger partial charge in [0, 0.05) is 23.0 Å². The molecular formula is C44H38N4O4S2. The Kier molecular flexibility index (Phi) is 8.87. The molecule has 0 bridgehead atoms. The molecular weight excluding hydrogens is 713 g/mol. The number of anilines is 2. The average Bonchev–Trinajstić information content (AvgIpc) is 4.08. The molecule has 0 aliphatic heterocycles. The summed E-state index contributed by atoms with van der Waals surface area (Å²) in [4.78, 5) is 37.0. The number of nitrogens with zero attached hydrogens (tertiary/aromatic N) is 4. The molecule has 270 valence electrons. The third kappa shape index (κ3) is 6.60. The van der Waals surface area contributed by atoms with Crippen molar-refractivity contribution in [2.24, 2.45) is 10.9 Å². The maximum atomic E-state index is 12.2. The van der Waals surface area contributed by atoms with Crippen molar-refractivity contribution in [3.63, 3.8) is 0 Å². The number of thiazole rings is 2. The number of carboxylic acids is 2. The number of aromatic carboxylic acids is 2. The van der Waals surface area contributed by atoms with Crippen LogP contribution in [0.25, 0.3) is 21.5 Å². The van der Waals surface area contributed by atoms with Gasteiger partial charge in [0.25, 0.3) is 0 Å². The minimum Gasteiger partial charge on any atom is -0.477 e. The highest BCUT2D eigenvalue weighted by molar-refractivity contribution is 7.17. The molecule has 0 saturated heterocycles. The van der Waals surface area contributed by atoms with Crippen molar-refractivity contribution in [3.05, 3.63) is 147 Å². The van der Waals surface area contributed by atoms with Gasteiger partial charge in [-0.05, 0) is 90.0 Å². The minimum absolute atomic E-state index is 0.0420. The molecule has 7 aromatic rings. The first kappa shape index (κ1) is 34.2. The fourth-order valence-corrected chi connectivity index (χ4v) is 9.63. The molecule has 0 radical (unpaired) electrons. The first-order valence-corrected chi connectivity index (χ1v) is 20.0. The Balaban J connectivity index is 1.02. The van der Waals surface area contributed by atoms with Crippen LogP contribution in [0, 0.1) is 5.92 Å². The van der Waals surface area contributed by atoms with Gasteiger partial charge in [-0.25, -0.2) is 19.6 Å². The van der Waals surface area contributed by atoms with Crippen LogP contribution in [0.1, 0.15) is 86.5 Å². The maximum Gasteiger partial charge on any atom is 0.347 e. The normalized spacial score (nSPS) is 17.5. The zero-order valence-corrected chi connectivity index (χ0v) is 31.3. The van der Waals surface area contributed by atoms with E-state index in [0.29, 0.717) is 34.2 Å². The van der Waals surface area contributed by atoms with Crippen molar-refractivity contribution in [2.45, 2.75) is 57.0 Å². The lowest BCUT2D eigenvalue weighted by Crippen LogP contribution is -2.18. The van der Waals surface area contributed by atoms with Crippen LogP contribution in [0.3, 0.4) is 0 Å². The Morgan fingerprint density at radius 1 is 0.815 bits per heavy atom. The topological polar surface area (TPSA) is 108 Å². The lowest BCUT2D eigenvalue weighted by atomic mass is 9.97. The van der Waals surface area contributed by atoms with Gasteiger partial charge in [-0.15, -0.1) is 0 Å². The summed E-state index contributed by atoms with van der Waals surface area (Å²) in [5.74, 6) is -0.508. The summed E-state index contributed by atoms with van der Waals surface area (Å²) in [6, 6.07) is 35.7. The second-order valence-electron chi connectivity index (χ2n) is 14.5. The van der Waals surface area contributed by atoms with Gasteiger partial charge in [-0.3, -0.25) is 0 Å². The fourth-order valence-electron chi connectivity index (χ4n) is 7.93. The standard InChI is InChI=1S/C44H38N4O4S2/c1-26(47-25-40(42(51)52)54-44(47)46-37-19-17-30(28-15-16-28)31-11-5-7-13-34(31)37)21-29-22-36(29)33-18-20-38(35-14-8-6-12-32(33)35)48(24-27-9-3-2-4-10-27)43-45-23-39(53-43)41(49)50/h2-14,17-20,23,25-26,28-29,36H,15-16,21-22,24H2,1H3,(H,49,50)(H,51,52)/b46-44-. The first-order valence-electron chi connectivity index (χ1n) is 18.4. The van der Waals surface area contributed by atoms with E-state index in [4.69, 9.17) is 4.99 Å². The molecule has 2 N–H and O–H groups in total. The molecule has 0 amide bonds. The summed E-state index contributed by atoms with van der Waals surface area (Å²) >= 11 is 2.41. The highest BCUT2D eigenvalue weighted by atomic mass is 32.1. The smallest absolute Gasteiger partial charge is 0.347 e. The highest BCUT2D eigenvalue weighted by Gasteiger charge is 2.40. The van der Waals surface area contributed by atoms with E-state index in [1.54, 1.807) is 6.20 Å². The summed E-state index contributed by atoms with van der Waals surface area (Å²) in [6.45, 7) is 2.72. The Hall–Kier alpha value is -5.58. The van der Waals surface area contributed by atoms with E-state index in [9.17, 15) is 19.8 Å². The number of hydrogen-bond acceptors (Lipinski definition) is 7. The summed E-state index contributed by atoms with van der Waals surface area (Å²) in [6.07, 6.45) is 7.58. The summed E-state index contributed by atoms with van der Waals surface area (Å²) < 4.78 is 2.06. The quantitative estimate of drug-likeness (QED) is 0.129. The number of carbonyl (C=O) groups is 2. The van der Waals surface area contributed by atoms with E-state index >= 15 is 0 Å². The van der Waals surface area contributed by atoms with Gasteiger partial charge in [-0.1, -0.05) is 114 Å². The van der Waals surface area contributed by atoms with Crippen molar-refractivity contribution in [2.75, 3.05) is 4.90 Å². The van der Waals surface area contributed by atoms with E-state index in [1.807, 2.05) is 30.3 Å². The molecule has 2 fully saturated rings. The Morgan fingerprint density at radius 2 is 1.48 bits per heavy atom. The molecule has 3 unspecified atom stereocenters. The Labute approximate surface area is 320 Å². The van der Waals surface area contributed by atoms with Crippen LogP contribution < -0.4 is 9.70 Å².